The molecule has 0 radical (unpaired) electrons. The van der Waals surface area contributed by atoms with Crippen molar-refractivity contribution in [3.8, 4) is 0 Å². The third kappa shape index (κ3) is 6.59. The number of hydrogen-bond acceptors (Lipinski definition) is 11. The summed E-state index contributed by atoms with van der Waals surface area (Å²) < 4.78 is 6.92. The van der Waals surface area contributed by atoms with E-state index in [4.69, 9.17) is 4.74 Å². The van der Waals surface area contributed by atoms with E-state index in [-0.39, 0.29) is 28.0 Å². The number of fused-ring (bicyclic) bond motifs is 1. The predicted molar refractivity (Wildman–Crippen MR) is 155 cm³/mol. The zero-order valence-corrected chi connectivity index (χ0v) is 22.5. The highest BCUT2D eigenvalue weighted by molar-refractivity contribution is 8.01. The Morgan fingerprint density at radius 2 is 1.93 bits per heavy atom. The first-order chi connectivity index (χ1) is 19.4. The number of aromatic nitrogens is 1. The highest BCUT2D eigenvalue weighted by Gasteiger charge is 2.21. The number of nitrogens with one attached hydrogen (secondary N) is 1. The average Bonchev–Trinajstić information content (AvgIpc) is 3.38. The van der Waals surface area contributed by atoms with Crippen molar-refractivity contribution in [3.63, 3.8) is 0 Å². The zero-order chi connectivity index (χ0) is 28.1. The number of carbonyl (C=O) groups is 1. The quantitative estimate of drug-likeness (QED) is 0.118. The second kappa shape index (κ2) is 12.2. The molecule has 1 aliphatic heterocycles. The number of aliphatic imine (C=N–C) groups is 1. The number of nitrogens with zero attached hydrogens (tertiary/aromatic N) is 5. The number of carbonyl (C=O) groups excluding carboxylic acids is 1. The molecular weight excluding hydrogens is 556 g/mol. The van der Waals surface area contributed by atoms with Gasteiger partial charge in [-0.25, -0.2) is 4.98 Å². The lowest BCUT2D eigenvalue weighted by Crippen LogP contribution is -2.36. The summed E-state index contributed by atoms with van der Waals surface area (Å²) in [5.41, 5.74) is 2.89. The minimum absolute atomic E-state index is 0.0277. The number of hydrogen-bond donors (Lipinski definition) is 1. The van der Waals surface area contributed by atoms with Crippen LogP contribution >= 0.6 is 23.1 Å². The highest BCUT2D eigenvalue weighted by Crippen LogP contribution is 2.33. The lowest BCUT2D eigenvalue weighted by atomic mass is 10.1. The highest BCUT2D eigenvalue weighted by atomic mass is 32.2. The lowest BCUT2D eigenvalue weighted by Gasteiger charge is -2.28. The summed E-state index contributed by atoms with van der Waals surface area (Å²) in [5, 5.41) is 25.3. The van der Waals surface area contributed by atoms with Crippen molar-refractivity contribution in [2.24, 2.45) is 4.99 Å². The fraction of sp³-hybridized carbons (Fsp3) is 0.192. The summed E-state index contributed by atoms with van der Waals surface area (Å²) >= 11 is 2.68. The fourth-order valence-corrected chi connectivity index (χ4v) is 5.95. The summed E-state index contributed by atoms with van der Waals surface area (Å²) in [7, 11) is 0. The standard InChI is InChI=1S/C26H22N6O6S2/c33-25(28-19-2-1-3-20(13-19)31(34)35)16-39-26-29-21-6-5-18(14-24(21)40-26)27-15-17-4-7-22(23(12-17)32(36)37)30-8-10-38-11-9-30/h1-7,12-15H,8-11,16H2,(H,28,33). The summed E-state index contributed by atoms with van der Waals surface area (Å²) in [5.74, 6) is -0.212. The second-order valence-corrected chi connectivity index (χ2v) is 10.9. The minimum atomic E-state index is -0.518. The SMILES string of the molecule is O=C(CSc1nc2ccc(N=Cc3ccc(N4CCOCC4)c([N+](=O)[O-])c3)cc2s1)Nc1cccc([N+](=O)[O-])c1. The molecule has 5 rings (SSSR count). The first kappa shape index (κ1) is 27.2. The molecule has 2 heterocycles. The molecule has 0 atom stereocenters. The van der Waals surface area contributed by atoms with Crippen molar-refractivity contribution in [2.75, 3.05) is 42.3 Å². The Bertz CT molecular complexity index is 1620. The van der Waals surface area contributed by atoms with Crippen LogP contribution in [0.5, 0.6) is 0 Å². The lowest BCUT2D eigenvalue weighted by molar-refractivity contribution is -0.384. The van der Waals surface area contributed by atoms with E-state index in [0.29, 0.717) is 53.3 Å². The molecule has 0 spiro atoms. The van der Waals surface area contributed by atoms with Gasteiger partial charge in [-0.2, -0.15) is 0 Å². The molecule has 12 nitrogen and oxygen atoms in total. The van der Waals surface area contributed by atoms with E-state index >= 15 is 0 Å². The van der Waals surface area contributed by atoms with Gasteiger partial charge in [-0.1, -0.05) is 23.9 Å². The Morgan fingerprint density at radius 1 is 1.10 bits per heavy atom. The van der Waals surface area contributed by atoms with Crippen LogP contribution in [0.4, 0.5) is 28.4 Å². The third-order valence-corrected chi connectivity index (χ3v) is 8.09. The predicted octanol–water partition coefficient (Wildman–Crippen LogP) is 5.43. The van der Waals surface area contributed by atoms with E-state index in [9.17, 15) is 25.0 Å². The molecular formula is C26H22N6O6S2. The second-order valence-electron chi connectivity index (χ2n) is 8.64. The van der Waals surface area contributed by atoms with E-state index in [1.165, 1.54) is 47.4 Å². The number of benzene rings is 3. The fourth-order valence-electron chi connectivity index (χ4n) is 4.04. The first-order valence-electron chi connectivity index (χ1n) is 12.1. The Balaban J connectivity index is 1.24. The largest absolute Gasteiger partial charge is 0.378 e. The van der Waals surface area contributed by atoms with Crippen molar-refractivity contribution in [1.29, 1.82) is 0 Å². The molecule has 204 valence electrons. The van der Waals surface area contributed by atoms with Crippen LogP contribution < -0.4 is 10.2 Å². The molecule has 40 heavy (non-hydrogen) atoms. The number of nitro benzene ring substituents is 2. The van der Waals surface area contributed by atoms with E-state index < -0.39 is 4.92 Å². The van der Waals surface area contributed by atoms with Gasteiger partial charge in [-0.15, -0.1) is 11.3 Å². The van der Waals surface area contributed by atoms with Crippen LogP contribution in [0.2, 0.25) is 0 Å². The number of rotatable bonds is 9. The molecule has 1 fully saturated rings. The molecule has 0 bridgehead atoms. The summed E-state index contributed by atoms with van der Waals surface area (Å²) in [6, 6.07) is 16.3. The molecule has 1 N–H and O–H groups in total. The van der Waals surface area contributed by atoms with Gasteiger partial charge in [0.2, 0.25) is 5.91 Å². The number of thiazole rings is 1. The van der Waals surface area contributed by atoms with Crippen molar-refractivity contribution in [2.45, 2.75) is 4.34 Å². The van der Waals surface area contributed by atoms with Crippen LogP contribution in [-0.2, 0) is 9.53 Å². The first-order valence-corrected chi connectivity index (χ1v) is 13.9. The van der Waals surface area contributed by atoms with Crippen molar-refractivity contribution >= 4 is 73.9 Å². The average molecular weight is 579 g/mol. The van der Waals surface area contributed by atoms with Gasteiger partial charge in [0.05, 0.1) is 44.7 Å². The van der Waals surface area contributed by atoms with Crippen molar-refractivity contribution in [3.05, 3.63) is 86.5 Å². The van der Waals surface area contributed by atoms with Crippen LogP contribution in [-0.4, -0.2) is 59.0 Å². The van der Waals surface area contributed by atoms with Crippen molar-refractivity contribution in [1.82, 2.24) is 4.98 Å². The van der Waals surface area contributed by atoms with Crippen LogP contribution in [0.25, 0.3) is 10.2 Å². The number of ether oxygens (including phenoxy) is 1. The van der Waals surface area contributed by atoms with Crippen LogP contribution in [0.3, 0.4) is 0 Å². The maximum atomic E-state index is 12.3. The summed E-state index contributed by atoms with van der Waals surface area (Å²) in [6.45, 7) is 2.28. The molecule has 0 saturated carbocycles. The molecule has 14 heteroatoms. The van der Waals surface area contributed by atoms with Crippen LogP contribution in [0, 0.1) is 20.2 Å². The summed E-state index contributed by atoms with van der Waals surface area (Å²) in [6.07, 6.45) is 1.59. The van der Waals surface area contributed by atoms with E-state index in [1.54, 1.807) is 30.5 Å². The number of morpholine rings is 1. The van der Waals surface area contributed by atoms with E-state index in [2.05, 4.69) is 15.3 Å². The molecule has 1 aliphatic rings. The van der Waals surface area contributed by atoms with Crippen LogP contribution in [0.15, 0.2) is 70.0 Å². The Kier molecular flexibility index (Phi) is 8.28. The van der Waals surface area contributed by atoms with Gasteiger partial charge in [0.15, 0.2) is 4.34 Å². The molecule has 3 aromatic carbocycles. The van der Waals surface area contributed by atoms with Gasteiger partial charge in [0, 0.05) is 43.2 Å². The van der Waals surface area contributed by atoms with Gasteiger partial charge in [-0.3, -0.25) is 30.0 Å². The third-order valence-electron chi connectivity index (χ3n) is 5.93. The van der Waals surface area contributed by atoms with Gasteiger partial charge in [-0.05, 0) is 35.9 Å². The number of amides is 1. The zero-order valence-electron chi connectivity index (χ0n) is 20.9. The summed E-state index contributed by atoms with van der Waals surface area (Å²) in [4.78, 5) is 45.1. The van der Waals surface area contributed by atoms with Gasteiger partial charge in [0.1, 0.15) is 5.69 Å². The Hall–Kier alpha value is -4.40. The molecule has 1 aromatic heterocycles. The van der Waals surface area contributed by atoms with Crippen molar-refractivity contribution < 1.29 is 19.4 Å². The number of anilines is 2. The molecule has 1 amide bonds. The normalized spacial score (nSPS) is 13.6. The molecule has 0 aliphatic carbocycles. The Morgan fingerprint density at radius 3 is 2.70 bits per heavy atom. The number of nitro groups is 2. The molecule has 4 aromatic rings. The maximum absolute atomic E-state index is 12.3. The monoisotopic (exact) mass is 578 g/mol. The Labute approximate surface area is 236 Å². The molecule has 1 saturated heterocycles. The van der Waals surface area contributed by atoms with Gasteiger partial charge >= 0.3 is 0 Å². The van der Waals surface area contributed by atoms with Gasteiger partial charge < -0.3 is 15.0 Å². The smallest absolute Gasteiger partial charge is 0.293 e. The number of non-ortho nitro benzene ring substituents is 1. The minimum Gasteiger partial charge on any atom is -0.378 e. The topological polar surface area (TPSA) is 153 Å². The van der Waals surface area contributed by atoms with Gasteiger partial charge in [0.25, 0.3) is 11.4 Å². The van der Waals surface area contributed by atoms with E-state index in [1.807, 2.05) is 17.0 Å². The van der Waals surface area contributed by atoms with Crippen LogP contribution in [0.1, 0.15) is 5.56 Å². The van der Waals surface area contributed by atoms with E-state index in [0.717, 1.165) is 10.2 Å². The maximum Gasteiger partial charge on any atom is 0.293 e. The number of thioether (sulfide) groups is 1. The molecule has 0 unspecified atom stereocenters.